The molecule has 0 radical (unpaired) electrons. The fourth-order valence-corrected chi connectivity index (χ4v) is 1.83. The number of hydrogen-bond donors (Lipinski definition) is 2. The molecular formula is C9H18N2O. The van der Waals surface area contributed by atoms with Crippen LogP contribution in [0.1, 0.15) is 33.6 Å². The lowest BCUT2D eigenvalue weighted by atomic mass is 9.68. The summed E-state index contributed by atoms with van der Waals surface area (Å²) in [5.74, 6) is -0.264. The van der Waals surface area contributed by atoms with E-state index in [1.807, 2.05) is 6.92 Å². The fraction of sp³-hybridized carbons (Fsp3) is 0.889. The van der Waals surface area contributed by atoms with Gasteiger partial charge in [0.05, 0.1) is 6.04 Å². The fourth-order valence-electron chi connectivity index (χ4n) is 1.83. The molecule has 3 nitrogen and oxygen atoms in total. The molecule has 12 heavy (non-hydrogen) atoms. The predicted octanol–water partition coefficient (Wildman–Crippen LogP) is 0.638. The van der Waals surface area contributed by atoms with Gasteiger partial charge in [0.25, 0.3) is 0 Å². The van der Waals surface area contributed by atoms with E-state index < -0.39 is 0 Å². The Morgan fingerprint density at radius 1 is 1.58 bits per heavy atom. The molecule has 1 saturated carbocycles. The summed E-state index contributed by atoms with van der Waals surface area (Å²) in [5.41, 5.74) is 5.58. The first-order valence-electron chi connectivity index (χ1n) is 4.46. The van der Waals surface area contributed by atoms with Crippen LogP contribution in [0.2, 0.25) is 0 Å². The normalized spacial score (nSPS) is 24.6. The predicted molar refractivity (Wildman–Crippen MR) is 48.6 cm³/mol. The van der Waals surface area contributed by atoms with Crippen LogP contribution >= 0.6 is 0 Å². The minimum absolute atomic E-state index is 0.189. The van der Waals surface area contributed by atoms with Crippen LogP contribution in [0.15, 0.2) is 0 Å². The van der Waals surface area contributed by atoms with Crippen molar-refractivity contribution >= 4 is 5.91 Å². The second-order valence-corrected chi connectivity index (χ2v) is 4.56. The second-order valence-electron chi connectivity index (χ2n) is 4.56. The number of carbonyl (C=O) groups excluding carboxylic acids is 1. The molecule has 3 heteroatoms. The van der Waals surface area contributed by atoms with Gasteiger partial charge in [-0.05, 0) is 25.2 Å². The van der Waals surface area contributed by atoms with Gasteiger partial charge in [0.2, 0.25) is 5.91 Å². The van der Waals surface area contributed by atoms with E-state index in [1.54, 1.807) is 0 Å². The smallest absolute Gasteiger partial charge is 0.234 e. The van der Waals surface area contributed by atoms with E-state index in [0.29, 0.717) is 11.5 Å². The molecule has 70 valence electrons. The Kier molecular flexibility index (Phi) is 2.42. The third kappa shape index (κ3) is 2.21. The standard InChI is InChI=1S/C9H18N2O/c1-6(8(10)12)11-7-4-9(2,3)5-7/h6-7,11H,4-5H2,1-3H3,(H2,10,12)/t6-/m0/s1. The van der Waals surface area contributed by atoms with Gasteiger partial charge in [0.15, 0.2) is 0 Å². The van der Waals surface area contributed by atoms with E-state index in [2.05, 4.69) is 19.2 Å². The summed E-state index contributed by atoms with van der Waals surface area (Å²) in [7, 11) is 0. The molecule has 1 aliphatic rings. The number of carbonyl (C=O) groups is 1. The SMILES string of the molecule is C[C@H](NC1CC(C)(C)C1)C(N)=O. The Hall–Kier alpha value is -0.570. The summed E-state index contributed by atoms with van der Waals surface area (Å²) < 4.78 is 0. The summed E-state index contributed by atoms with van der Waals surface area (Å²) >= 11 is 0. The third-order valence-corrected chi connectivity index (χ3v) is 2.51. The van der Waals surface area contributed by atoms with Gasteiger partial charge in [-0.3, -0.25) is 4.79 Å². The average Bonchev–Trinajstić information content (AvgIpc) is 1.83. The average molecular weight is 170 g/mol. The Morgan fingerprint density at radius 2 is 2.08 bits per heavy atom. The molecule has 0 aromatic heterocycles. The lowest BCUT2D eigenvalue weighted by molar-refractivity contribution is -0.120. The zero-order valence-electron chi connectivity index (χ0n) is 8.05. The number of primary amides is 1. The van der Waals surface area contributed by atoms with Crippen molar-refractivity contribution in [1.82, 2.24) is 5.32 Å². The van der Waals surface area contributed by atoms with Gasteiger partial charge in [-0.15, -0.1) is 0 Å². The molecule has 0 bridgehead atoms. The highest BCUT2D eigenvalue weighted by atomic mass is 16.1. The lowest BCUT2D eigenvalue weighted by Crippen LogP contribution is -2.52. The van der Waals surface area contributed by atoms with E-state index >= 15 is 0 Å². The summed E-state index contributed by atoms with van der Waals surface area (Å²) in [5, 5.41) is 3.20. The number of amides is 1. The highest BCUT2D eigenvalue weighted by molar-refractivity contribution is 5.79. The maximum atomic E-state index is 10.7. The summed E-state index contributed by atoms with van der Waals surface area (Å²) in [4.78, 5) is 10.7. The van der Waals surface area contributed by atoms with Crippen LogP contribution in [0, 0.1) is 5.41 Å². The number of hydrogen-bond acceptors (Lipinski definition) is 2. The van der Waals surface area contributed by atoms with Gasteiger partial charge < -0.3 is 11.1 Å². The van der Waals surface area contributed by atoms with E-state index in [0.717, 1.165) is 12.8 Å². The van der Waals surface area contributed by atoms with Crippen LogP contribution in [-0.2, 0) is 4.79 Å². The quantitative estimate of drug-likeness (QED) is 0.653. The lowest BCUT2D eigenvalue weighted by Gasteiger charge is -2.43. The van der Waals surface area contributed by atoms with Crippen LogP contribution < -0.4 is 11.1 Å². The zero-order valence-corrected chi connectivity index (χ0v) is 8.05. The molecule has 0 heterocycles. The van der Waals surface area contributed by atoms with Crippen LogP contribution in [0.5, 0.6) is 0 Å². The number of nitrogens with one attached hydrogen (secondary N) is 1. The van der Waals surface area contributed by atoms with Gasteiger partial charge in [-0.1, -0.05) is 13.8 Å². The molecule has 1 fully saturated rings. The van der Waals surface area contributed by atoms with Crippen molar-refractivity contribution in [2.45, 2.75) is 45.7 Å². The van der Waals surface area contributed by atoms with Gasteiger partial charge in [-0.2, -0.15) is 0 Å². The first-order valence-corrected chi connectivity index (χ1v) is 4.46. The van der Waals surface area contributed by atoms with E-state index in [4.69, 9.17) is 5.73 Å². The molecule has 0 spiro atoms. The van der Waals surface area contributed by atoms with Crippen LogP contribution in [0.3, 0.4) is 0 Å². The van der Waals surface area contributed by atoms with Crippen molar-refractivity contribution in [2.75, 3.05) is 0 Å². The molecule has 0 saturated heterocycles. The van der Waals surface area contributed by atoms with Crippen LogP contribution in [-0.4, -0.2) is 18.0 Å². The molecule has 0 aliphatic heterocycles. The molecule has 1 rings (SSSR count). The highest BCUT2D eigenvalue weighted by Crippen LogP contribution is 2.39. The first-order chi connectivity index (χ1) is 5.41. The van der Waals surface area contributed by atoms with E-state index in [9.17, 15) is 4.79 Å². The van der Waals surface area contributed by atoms with Gasteiger partial charge >= 0.3 is 0 Å². The Labute approximate surface area is 73.7 Å². The first kappa shape index (κ1) is 9.52. The van der Waals surface area contributed by atoms with Crippen molar-refractivity contribution in [3.63, 3.8) is 0 Å². The molecule has 0 unspecified atom stereocenters. The summed E-state index contributed by atoms with van der Waals surface area (Å²) in [6.45, 7) is 6.29. The van der Waals surface area contributed by atoms with Crippen LogP contribution in [0.4, 0.5) is 0 Å². The minimum atomic E-state index is -0.264. The minimum Gasteiger partial charge on any atom is -0.368 e. The molecule has 0 aromatic rings. The third-order valence-electron chi connectivity index (χ3n) is 2.51. The molecule has 3 N–H and O–H groups in total. The van der Waals surface area contributed by atoms with E-state index in [1.165, 1.54) is 0 Å². The maximum absolute atomic E-state index is 10.7. The van der Waals surface area contributed by atoms with Gasteiger partial charge in [0.1, 0.15) is 0 Å². The topological polar surface area (TPSA) is 55.1 Å². The molecule has 1 aliphatic carbocycles. The number of nitrogens with two attached hydrogens (primary N) is 1. The van der Waals surface area contributed by atoms with Crippen molar-refractivity contribution < 1.29 is 4.79 Å². The van der Waals surface area contributed by atoms with Crippen molar-refractivity contribution in [3.8, 4) is 0 Å². The maximum Gasteiger partial charge on any atom is 0.234 e. The monoisotopic (exact) mass is 170 g/mol. The molecular weight excluding hydrogens is 152 g/mol. The Balaban J connectivity index is 2.23. The Morgan fingerprint density at radius 3 is 2.42 bits per heavy atom. The Bertz CT molecular complexity index is 181. The van der Waals surface area contributed by atoms with Crippen molar-refractivity contribution in [1.29, 1.82) is 0 Å². The van der Waals surface area contributed by atoms with Gasteiger partial charge in [0, 0.05) is 6.04 Å². The number of rotatable bonds is 3. The van der Waals surface area contributed by atoms with Crippen molar-refractivity contribution in [2.24, 2.45) is 11.1 Å². The second kappa shape index (κ2) is 3.05. The van der Waals surface area contributed by atoms with Crippen LogP contribution in [0.25, 0.3) is 0 Å². The largest absolute Gasteiger partial charge is 0.368 e. The summed E-state index contributed by atoms with van der Waals surface area (Å²) in [6, 6.07) is 0.300. The molecule has 1 atom stereocenters. The highest BCUT2D eigenvalue weighted by Gasteiger charge is 2.36. The van der Waals surface area contributed by atoms with Gasteiger partial charge in [-0.25, -0.2) is 0 Å². The zero-order chi connectivity index (χ0) is 9.35. The summed E-state index contributed by atoms with van der Waals surface area (Å²) in [6.07, 6.45) is 2.29. The molecule has 0 aromatic carbocycles. The molecule has 1 amide bonds. The van der Waals surface area contributed by atoms with Crippen molar-refractivity contribution in [3.05, 3.63) is 0 Å². The van der Waals surface area contributed by atoms with E-state index in [-0.39, 0.29) is 11.9 Å².